The van der Waals surface area contributed by atoms with Crippen LogP contribution in [-0.2, 0) is 22.4 Å². The van der Waals surface area contributed by atoms with Gasteiger partial charge in [-0.1, -0.05) is 32.0 Å². The Morgan fingerprint density at radius 3 is 2.74 bits per heavy atom. The minimum atomic E-state index is -0.813. The fourth-order valence-electron chi connectivity index (χ4n) is 3.48. The van der Waals surface area contributed by atoms with E-state index in [4.69, 9.17) is 0 Å². The predicted octanol–water partition coefficient (Wildman–Crippen LogP) is 2.45. The number of likely N-dealkylation sites (tertiary alicyclic amines) is 1. The molecule has 0 bridgehead atoms. The molecule has 2 N–H and O–H groups in total. The summed E-state index contributed by atoms with van der Waals surface area (Å²) in [6, 6.07) is 6.13. The highest BCUT2D eigenvalue weighted by Gasteiger charge is 2.36. The SMILES string of the molecule is CCc1cccc2c(CC(=O)N3C[C@@H](C)[C@H](C(=O)O)C3)c[nH]c12. The molecule has 5 heteroatoms. The van der Waals surface area contributed by atoms with Crippen molar-refractivity contribution in [3.8, 4) is 0 Å². The number of aromatic nitrogens is 1. The van der Waals surface area contributed by atoms with Crippen LogP contribution in [0.1, 0.15) is 25.0 Å². The summed E-state index contributed by atoms with van der Waals surface area (Å²) in [6.45, 7) is 4.85. The number of H-pyrrole nitrogens is 1. The minimum Gasteiger partial charge on any atom is -0.481 e. The molecule has 0 unspecified atom stereocenters. The number of carboxylic acid groups (broad SMARTS) is 1. The number of aliphatic carboxylic acids is 1. The maximum atomic E-state index is 12.5. The first-order valence-electron chi connectivity index (χ1n) is 8.09. The first kappa shape index (κ1) is 15.6. The summed E-state index contributed by atoms with van der Waals surface area (Å²) in [5, 5.41) is 10.3. The van der Waals surface area contributed by atoms with Crippen molar-refractivity contribution in [2.75, 3.05) is 13.1 Å². The van der Waals surface area contributed by atoms with E-state index in [0.717, 1.165) is 22.9 Å². The third-order valence-corrected chi connectivity index (χ3v) is 4.89. The number of carboxylic acids is 1. The molecule has 1 aliphatic heterocycles. The summed E-state index contributed by atoms with van der Waals surface area (Å²) in [5.41, 5.74) is 3.31. The van der Waals surface area contributed by atoms with Crippen LogP contribution in [0.25, 0.3) is 10.9 Å². The Morgan fingerprint density at radius 2 is 2.09 bits per heavy atom. The molecule has 0 aliphatic carbocycles. The molecule has 2 atom stereocenters. The molecule has 1 amide bonds. The van der Waals surface area contributed by atoms with Crippen molar-refractivity contribution in [3.05, 3.63) is 35.5 Å². The molecular weight excluding hydrogens is 292 g/mol. The molecule has 1 aromatic heterocycles. The van der Waals surface area contributed by atoms with Crippen molar-refractivity contribution in [3.63, 3.8) is 0 Å². The lowest BCUT2D eigenvalue weighted by atomic mass is 9.99. The molecule has 5 nitrogen and oxygen atoms in total. The van der Waals surface area contributed by atoms with Crippen LogP contribution in [0.4, 0.5) is 0 Å². The average Bonchev–Trinajstić information content (AvgIpc) is 3.11. The summed E-state index contributed by atoms with van der Waals surface area (Å²) < 4.78 is 0. The van der Waals surface area contributed by atoms with Gasteiger partial charge in [-0.25, -0.2) is 0 Å². The third kappa shape index (κ3) is 2.83. The van der Waals surface area contributed by atoms with Crippen LogP contribution in [-0.4, -0.2) is 40.0 Å². The van der Waals surface area contributed by atoms with E-state index < -0.39 is 11.9 Å². The van der Waals surface area contributed by atoms with Gasteiger partial charge in [-0.3, -0.25) is 9.59 Å². The highest BCUT2D eigenvalue weighted by molar-refractivity contribution is 5.91. The molecule has 1 saturated heterocycles. The summed E-state index contributed by atoms with van der Waals surface area (Å²) in [7, 11) is 0. The number of benzene rings is 1. The molecule has 2 aromatic rings. The van der Waals surface area contributed by atoms with E-state index in [1.807, 2.05) is 25.3 Å². The number of aromatic amines is 1. The van der Waals surface area contributed by atoms with Crippen molar-refractivity contribution in [1.29, 1.82) is 0 Å². The molecule has 23 heavy (non-hydrogen) atoms. The quantitative estimate of drug-likeness (QED) is 0.910. The van der Waals surface area contributed by atoms with Crippen molar-refractivity contribution in [2.45, 2.75) is 26.7 Å². The summed E-state index contributed by atoms with van der Waals surface area (Å²) in [5.74, 6) is -1.25. The van der Waals surface area contributed by atoms with Gasteiger partial charge in [0.2, 0.25) is 5.91 Å². The Balaban J connectivity index is 1.78. The summed E-state index contributed by atoms with van der Waals surface area (Å²) in [4.78, 5) is 28.7. The van der Waals surface area contributed by atoms with Gasteiger partial charge in [0.25, 0.3) is 0 Å². The Morgan fingerprint density at radius 1 is 1.30 bits per heavy atom. The van der Waals surface area contributed by atoms with Gasteiger partial charge in [0.15, 0.2) is 0 Å². The lowest BCUT2D eigenvalue weighted by Gasteiger charge is -2.15. The number of nitrogens with one attached hydrogen (secondary N) is 1. The fraction of sp³-hybridized carbons (Fsp3) is 0.444. The highest BCUT2D eigenvalue weighted by atomic mass is 16.4. The van der Waals surface area contributed by atoms with Gasteiger partial charge >= 0.3 is 5.97 Å². The normalized spacial score (nSPS) is 21.0. The number of hydrogen-bond donors (Lipinski definition) is 2. The van der Waals surface area contributed by atoms with Crippen LogP contribution < -0.4 is 0 Å². The number of nitrogens with zero attached hydrogens (tertiary/aromatic N) is 1. The topological polar surface area (TPSA) is 73.4 Å². The number of carbonyl (C=O) groups excluding carboxylic acids is 1. The molecule has 2 heterocycles. The summed E-state index contributed by atoms with van der Waals surface area (Å²) in [6.07, 6.45) is 3.15. The zero-order chi connectivity index (χ0) is 16.6. The van der Waals surface area contributed by atoms with E-state index >= 15 is 0 Å². The molecular formula is C18H22N2O3. The number of aryl methyl sites for hydroxylation is 1. The molecule has 1 fully saturated rings. The van der Waals surface area contributed by atoms with Crippen molar-refractivity contribution in [2.24, 2.45) is 11.8 Å². The first-order chi connectivity index (χ1) is 11.0. The standard InChI is InChI=1S/C18H22N2O3/c1-3-12-5-4-6-14-13(8-19-17(12)14)7-16(21)20-9-11(2)15(10-20)18(22)23/h4-6,8,11,15,19H,3,7,9-10H2,1-2H3,(H,22,23)/t11-,15-/m1/s1. The number of amides is 1. The van der Waals surface area contributed by atoms with Gasteiger partial charge < -0.3 is 15.0 Å². The van der Waals surface area contributed by atoms with Crippen LogP contribution in [0, 0.1) is 11.8 Å². The lowest BCUT2D eigenvalue weighted by molar-refractivity contribution is -0.142. The average molecular weight is 314 g/mol. The van der Waals surface area contributed by atoms with Crippen LogP contribution in [0.15, 0.2) is 24.4 Å². The molecule has 0 spiro atoms. The number of rotatable bonds is 4. The van der Waals surface area contributed by atoms with Gasteiger partial charge in [0.1, 0.15) is 0 Å². The van der Waals surface area contributed by atoms with Crippen LogP contribution in [0.3, 0.4) is 0 Å². The van der Waals surface area contributed by atoms with Gasteiger partial charge in [0, 0.05) is 30.2 Å². The Labute approximate surface area is 135 Å². The van der Waals surface area contributed by atoms with Crippen molar-refractivity contribution < 1.29 is 14.7 Å². The minimum absolute atomic E-state index is 0.00315. The van der Waals surface area contributed by atoms with Crippen molar-refractivity contribution in [1.82, 2.24) is 9.88 Å². The molecule has 0 saturated carbocycles. The zero-order valence-electron chi connectivity index (χ0n) is 13.5. The van der Waals surface area contributed by atoms with Crippen molar-refractivity contribution >= 4 is 22.8 Å². The van der Waals surface area contributed by atoms with E-state index in [-0.39, 0.29) is 11.8 Å². The fourth-order valence-corrected chi connectivity index (χ4v) is 3.48. The predicted molar refractivity (Wildman–Crippen MR) is 88.3 cm³/mol. The monoisotopic (exact) mass is 314 g/mol. The van der Waals surface area contributed by atoms with Gasteiger partial charge in [-0.15, -0.1) is 0 Å². The number of fused-ring (bicyclic) bond motifs is 1. The zero-order valence-corrected chi connectivity index (χ0v) is 13.5. The largest absolute Gasteiger partial charge is 0.481 e. The number of carbonyl (C=O) groups is 2. The molecule has 3 rings (SSSR count). The van der Waals surface area contributed by atoms with Gasteiger partial charge in [-0.05, 0) is 23.5 Å². The Bertz CT molecular complexity index is 750. The molecule has 1 aromatic carbocycles. The Kier molecular flexibility index (Phi) is 4.11. The van der Waals surface area contributed by atoms with E-state index in [9.17, 15) is 14.7 Å². The van der Waals surface area contributed by atoms with Crippen LogP contribution in [0.2, 0.25) is 0 Å². The number of hydrogen-bond acceptors (Lipinski definition) is 2. The van der Waals surface area contributed by atoms with E-state index in [2.05, 4.69) is 18.0 Å². The second-order valence-corrected chi connectivity index (χ2v) is 6.40. The lowest BCUT2D eigenvalue weighted by Crippen LogP contribution is -2.31. The maximum Gasteiger partial charge on any atom is 0.308 e. The first-order valence-corrected chi connectivity index (χ1v) is 8.09. The second-order valence-electron chi connectivity index (χ2n) is 6.40. The highest BCUT2D eigenvalue weighted by Crippen LogP contribution is 2.26. The molecule has 1 aliphatic rings. The molecule has 122 valence electrons. The number of para-hydroxylation sites is 1. The molecule has 0 radical (unpaired) electrons. The van der Waals surface area contributed by atoms with Gasteiger partial charge in [-0.2, -0.15) is 0 Å². The van der Waals surface area contributed by atoms with E-state index in [0.29, 0.717) is 19.5 Å². The Hall–Kier alpha value is -2.30. The summed E-state index contributed by atoms with van der Waals surface area (Å²) >= 11 is 0. The third-order valence-electron chi connectivity index (χ3n) is 4.89. The van der Waals surface area contributed by atoms with Crippen LogP contribution in [0.5, 0.6) is 0 Å². The van der Waals surface area contributed by atoms with E-state index in [1.54, 1.807) is 4.90 Å². The van der Waals surface area contributed by atoms with Gasteiger partial charge in [0.05, 0.1) is 12.3 Å². The van der Waals surface area contributed by atoms with Crippen LogP contribution >= 0.6 is 0 Å². The second kappa shape index (κ2) is 6.07. The van der Waals surface area contributed by atoms with E-state index in [1.165, 1.54) is 5.56 Å². The maximum absolute atomic E-state index is 12.5. The smallest absolute Gasteiger partial charge is 0.308 e.